The Bertz CT molecular complexity index is 1060. The van der Waals surface area contributed by atoms with Crippen LogP contribution < -0.4 is 15.4 Å². The number of anilines is 1. The molecule has 0 saturated carbocycles. The van der Waals surface area contributed by atoms with Crippen LogP contribution in [0.3, 0.4) is 0 Å². The molecule has 33 heavy (non-hydrogen) atoms. The van der Waals surface area contributed by atoms with Crippen LogP contribution >= 0.6 is 0 Å². The van der Waals surface area contributed by atoms with Crippen LogP contribution in [-0.2, 0) is 25.8 Å². The summed E-state index contributed by atoms with van der Waals surface area (Å²) in [5.41, 5.74) is 8.00. The summed E-state index contributed by atoms with van der Waals surface area (Å²) in [6.07, 6.45) is 4.69. The minimum Gasteiger partial charge on any atom is -0.493 e. The first-order valence-electron chi connectivity index (χ1n) is 11.6. The van der Waals surface area contributed by atoms with E-state index in [4.69, 9.17) is 15.2 Å². The number of rotatable bonds is 8. The maximum absolute atomic E-state index is 13.2. The number of carbonyl (C=O) groups excluding carboxylic acids is 1. The van der Waals surface area contributed by atoms with Crippen molar-refractivity contribution in [3.05, 3.63) is 54.1 Å². The SMILES string of the molecule is NC(=O)C1(S(=O)(=O)c2ccc(OCCc3cccc(N4CCCCC4)c3)cc2)CCOCC1. The first-order valence-corrected chi connectivity index (χ1v) is 13.1. The maximum atomic E-state index is 13.2. The highest BCUT2D eigenvalue weighted by molar-refractivity contribution is 7.93. The molecule has 2 aromatic rings. The third kappa shape index (κ3) is 5.01. The number of piperidine rings is 1. The average molecular weight is 473 g/mol. The van der Waals surface area contributed by atoms with Gasteiger partial charge in [0.05, 0.1) is 11.5 Å². The molecule has 2 fully saturated rings. The van der Waals surface area contributed by atoms with E-state index in [0.29, 0.717) is 12.4 Å². The summed E-state index contributed by atoms with van der Waals surface area (Å²) in [5.74, 6) is -0.237. The quantitative estimate of drug-likeness (QED) is 0.634. The van der Waals surface area contributed by atoms with E-state index in [2.05, 4.69) is 29.2 Å². The fraction of sp³-hybridized carbons (Fsp3) is 0.480. The predicted molar refractivity (Wildman–Crippen MR) is 127 cm³/mol. The van der Waals surface area contributed by atoms with E-state index in [0.717, 1.165) is 19.5 Å². The van der Waals surface area contributed by atoms with Crippen molar-refractivity contribution in [2.45, 2.75) is 48.2 Å². The fourth-order valence-electron chi connectivity index (χ4n) is 4.64. The molecule has 7 nitrogen and oxygen atoms in total. The molecule has 2 saturated heterocycles. The highest BCUT2D eigenvalue weighted by Crippen LogP contribution is 2.35. The normalized spacial score (nSPS) is 18.6. The lowest BCUT2D eigenvalue weighted by atomic mass is 9.98. The van der Waals surface area contributed by atoms with Crippen LogP contribution in [0, 0.1) is 0 Å². The van der Waals surface area contributed by atoms with Crippen molar-refractivity contribution in [3.63, 3.8) is 0 Å². The summed E-state index contributed by atoms with van der Waals surface area (Å²) < 4.78 is 35.9. The summed E-state index contributed by atoms with van der Waals surface area (Å²) >= 11 is 0. The van der Waals surface area contributed by atoms with Gasteiger partial charge in [-0.05, 0) is 74.1 Å². The van der Waals surface area contributed by atoms with E-state index in [-0.39, 0.29) is 31.0 Å². The van der Waals surface area contributed by atoms with Crippen LogP contribution in [0.5, 0.6) is 5.75 Å². The van der Waals surface area contributed by atoms with E-state index in [1.54, 1.807) is 12.1 Å². The lowest BCUT2D eigenvalue weighted by molar-refractivity contribution is -0.122. The second kappa shape index (κ2) is 10.1. The van der Waals surface area contributed by atoms with Crippen LogP contribution in [0.4, 0.5) is 5.69 Å². The molecule has 8 heteroatoms. The van der Waals surface area contributed by atoms with E-state index < -0.39 is 20.5 Å². The Morgan fingerprint density at radius 2 is 1.73 bits per heavy atom. The second-order valence-electron chi connectivity index (χ2n) is 8.76. The standard InChI is InChI=1S/C25H32N2O5S/c26-24(28)25(12-17-31-18-13-25)33(29,30)23-9-7-22(8-10-23)32-16-11-20-5-4-6-21(19-20)27-14-2-1-3-15-27/h4-10,19H,1-3,11-18H2,(H2,26,28). The smallest absolute Gasteiger partial charge is 0.239 e. The maximum Gasteiger partial charge on any atom is 0.239 e. The van der Waals surface area contributed by atoms with Gasteiger partial charge in [-0.2, -0.15) is 0 Å². The van der Waals surface area contributed by atoms with Crippen molar-refractivity contribution in [3.8, 4) is 5.75 Å². The number of hydrogen-bond acceptors (Lipinski definition) is 6. The largest absolute Gasteiger partial charge is 0.493 e. The van der Waals surface area contributed by atoms with Gasteiger partial charge >= 0.3 is 0 Å². The third-order valence-electron chi connectivity index (χ3n) is 6.69. The molecular weight excluding hydrogens is 440 g/mol. The lowest BCUT2D eigenvalue weighted by Crippen LogP contribution is -2.53. The number of primary amides is 1. The Balaban J connectivity index is 1.38. The summed E-state index contributed by atoms with van der Waals surface area (Å²) in [7, 11) is -3.93. The zero-order valence-electron chi connectivity index (χ0n) is 18.9. The minimum atomic E-state index is -3.93. The number of nitrogens with two attached hydrogens (primary N) is 1. The van der Waals surface area contributed by atoms with Crippen molar-refractivity contribution >= 4 is 21.4 Å². The van der Waals surface area contributed by atoms with Gasteiger partial charge in [-0.3, -0.25) is 4.79 Å². The van der Waals surface area contributed by atoms with Gasteiger partial charge in [-0.1, -0.05) is 12.1 Å². The van der Waals surface area contributed by atoms with Crippen molar-refractivity contribution in [1.29, 1.82) is 0 Å². The highest BCUT2D eigenvalue weighted by Gasteiger charge is 2.51. The van der Waals surface area contributed by atoms with E-state index in [9.17, 15) is 13.2 Å². The van der Waals surface area contributed by atoms with Crippen LogP contribution in [0.25, 0.3) is 0 Å². The molecular formula is C25H32N2O5S. The number of carbonyl (C=O) groups is 1. The van der Waals surface area contributed by atoms with Gasteiger partial charge in [0.25, 0.3) is 0 Å². The molecule has 4 rings (SSSR count). The van der Waals surface area contributed by atoms with E-state index in [1.807, 2.05) is 0 Å². The molecule has 0 aliphatic carbocycles. The number of nitrogens with zero attached hydrogens (tertiary/aromatic N) is 1. The molecule has 1 amide bonds. The molecule has 178 valence electrons. The van der Waals surface area contributed by atoms with Gasteiger partial charge in [-0.15, -0.1) is 0 Å². The molecule has 0 unspecified atom stereocenters. The molecule has 0 radical (unpaired) electrons. The van der Waals surface area contributed by atoms with Crippen LogP contribution in [0.2, 0.25) is 0 Å². The van der Waals surface area contributed by atoms with Crippen molar-refractivity contribution in [1.82, 2.24) is 0 Å². The first-order chi connectivity index (χ1) is 15.9. The van der Waals surface area contributed by atoms with E-state index in [1.165, 1.54) is 42.6 Å². The van der Waals surface area contributed by atoms with Gasteiger partial charge in [0.1, 0.15) is 5.75 Å². The van der Waals surface area contributed by atoms with Gasteiger partial charge in [0.15, 0.2) is 14.6 Å². The fourth-order valence-corrected chi connectivity index (χ4v) is 6.55. The topological polar surface area (TPSA) is 98.9 Å². The molecule has 0 spiro atoms. The van der Waals surface area contributed by atoms with Crippen molar-refractivity contribution in [2.75, 3.05) is 37.8 Å². The number of ether oxygens (including phenoxy) is 2. The number of benzene rings is 2. The lowest BCUT2D eigenvalue weighted by Gasteiger charge is -2.33. The van der Waals surface area contributed by atoms with Crippen LogP contribution in [0.1, 0.15) is 37.7 Å². The van der Waals surface area contributed by atoms with Gasteiger partial charge in [0, 0.05) is 38.4 Å². The average Bonchev–Trinajstić information content (AvgIpc) is 2.85. The molecule has 2 heterocycles. The summed E-state index contributed by atoms with van der Waals surface area (Å²) in [6.45, 7) is 3.10. The number of hydrogen-bond donors (Lipinski definition) is 1. The van der Waals surface area contributed by atoms with Gasteiger partial charge in [0.2, 0.25) is 5.91 Å². The summed E-state index contributed by atoms with van der Waals surface area (Å²) in [4.78, 5) is 14.6. The summed E-state index contributed by atoms with van der Waals surface area (Å²) in [6, 6.07) is 14.8. The Labute approximate surface area is 195 Å². The zero-order chi connectivity index (χ0) is 23.3. The molecule has 0 aromatic heterocycles. The van der Waals surface area contributed by atoms with Crippen molar-refractivity contribution in [2.24, 2.45) is 5.73 Å². The highest BCUT2D eigenvalue weighted by atomic mass is 32.2. The second-order valence-corrected chi connectivity index (χ2v) is 11.0. The molecule has 0 bridgehead atoms. The Morgan fingerprint density at radius 1 is 1.03 bits per heavy atom. The third-order valence-corrected chi connectivity index (χ3v) is 9.22. The Morgan fingerprint density at radius 3 is 2.39 bits per heavy atom. The molecule has 0 atom stereocenters. The van der Waals surface area contributed by atoms with Gasteiger partial charge in [-0.25, -0.2) is 8.42 Å². The van der Waals surface area contributed by atoms with Crippen LogP contribution in [0.15, 0.2) is 53.4 Å². The Kier molecular flexibility index (Phi) is 7.24. The molecule has 2 aliphatic rings. The number of amides is 1. The molecule has 2 aromatic carbocycles. The minimum absolute atomic E-state index is 0.0689. The first kappa shape index (κ1) is 23.6. The number of sulfone groups is 1. The monoisotopic (exact) mass is 472 g/mol. The summed E-state index contributed by atoms with van der Waals surface area (Å²) in [5, 5.41) is 0. The van der Waals surface area contributed by atoms with Crippen LogP contribution in [-0.4, -0.2) is 52.0 Å². The zero-order valence-corrected chi connectivity index (χ0v) is 19.7. The van der Waals surface area contributed by atoms with E-state index >= 15 is 0 Å². The Hall–Kier alpha value is -2.58. The predicted octanol–water partition coefficient (Wildman–Crippen LogP) is 3.11. The molecule has 2 aliphatic heterocycles. The molecule has 2 N–H and O–H groups in total. The van der Waals surface area contributed by atoms with Gasteiger partial charge < -0.3 is 20.1 Å². The van der Waals surface area contributed by atoms with Crippen molar-refractivity contribution < 1.29 is 22.7 Å².